The topological polar surface area (TPSA) is 38.0 Å². The Bertz CT molecular complexity index is 599. The number of halogens is 1. The molecular formula is C16H17ClN2S. The van der Waals surface area contributed by atoms with Crippen molar-refractivity contribution in [2.45, 2.75) is 19.4 Å². The molecule has 0 saturated carbocycles. The van der Waals surface area contributed by atoms with Gasteiger partial charge in [0.2, 0.25) is 0 Å². The maximum atomic E-state index is 6.19. The average Bonchev–Trinajstić information content (AvgIpc) is 2.45. The molecule has 0 aliphatic carbocycles. The van der Waals surface area contributed by atoms with E-state index in [1.54, 1.807) is 6.07 Å². The zero-order valence-corrected chi connectivity index (χ0v) is 12.8. The fraction of sp³-hybridized carbons (Fsp3) is 0.188. The van der Waals surface area contributed by atoms with Crippen LogP contribution in [0, 0.1) is 0 Å². The van der Waals surface area contributed by atoms with Crippen LogP contribution in [0.5, 0.6) is 0 Å². The van der Waals surface area contributed by atoms with Gasteiger partial charge in [-0.25, -0.2) is 0 Å². The van der Waals surface area contributed by atoms with E-state index in [4.69, 9.17) is 29.6 Å². The molecule has 0 aromatic heterocycles. The quantitative estimate of drug-likeness (QED) is 0.797. The Kier molecular flexibility index (Phi) is 4.99. The molecule has 0 bridgehead atoms. The molecule has 3 N–H and O–H groups in total. The van der Waals surface area contributed by atoms with Crippen molar-refractivity contribution in [3.63, 3.8) is 0 Å². The van der Waals surface area contributed by atoms with Crippen LogP contribution < -0.4 is 11.1 Å². The molecule has 2 aromatic carbocycles. The van der Waals surface area contributed by atoms with Gasteiger partial charge in [-0.1, -0.05) is 67.1 Å². The van der Waals surface area contributed by atoms with Gasteiger partial charge in [-0.05, 0) is 24.1 Å². The molecule has 4 heteroatoms. The number of nitrogens with two attached hydrogens (primary N) is 1. The predicted molar refractivity (Wildman–Crippen MR) is 90.4 cm³/mol. The Morgan fingerprint density at radius 1 is 1.20 bits per heavy atom. The largest absolute Gasteiger partial charge is 0.389 e. The van der Waals surface area contributed by atoms with E-state index in [0.717, 1.165) is 12.1 Å². The summed E-state index contributed by atoms with van der Waals surface area (Å²) >= 11 is 11.3. The molecule has 0 aliphatic heterocycles. The molecule has 0 radical (unpaired) electrons. The summed E-state index contributed by atoms with van der Waals surface area (Å²) in [6.45, 7) is 2.13. The van der Waals surface area contributed by atoms with Crippen molar-refractivity contribution in [2.75, 3.05) is 5.32 Å². The lowest BCUT2D eigenvalue weighted by molar-refractivity contribution is 0.749. The van der Waals surface area contributed by atoms with Gasteiger partial charge in [-0.15, -0.1) is 0 Å². The van der Waals surface area contributed by atoms with Crippen LogP contribution in [0.2, 0.25) is 5.02 Å². The third kappa shape index (κ3) is 3.30. The van der Waals surface area contributed by atoms with Gasteiger partial charge in [-0.2, -0.15) is 0 Å². The van der Waals surface area contributed by atoms with Crippen LogP contribution in [0.3, 0.4) is 0 Å². The van der Waals surface area contributed by atoms with E-state index >= 15 is 0 Å². The first-order valence-electron chi connectivity index (χ1n) is 6.53. The maximum Gasteiger partial charge on any atom is 0.107 e. The van der Waals surface area contributed by atoms with Crippen LogP contribution >= 0.6 is 23.8 Å². The molecule has 2 aromatic rings. The van der Waals surface area contributed by atoms with E-state index in [2.05, 4.69) is 24.4 Å². The number of hydrogen-bond acceptors (Lipinski definition) is 2. The standard InChI is InChI=1S/C16H17ClN2S/c1-2-13(11-7-4-3-5-8-11)19-14-10-6-9-12(17)15(14)16(18)20/h3-10,13,19H,2H2,1H3,(H2,18,20). The number of nitrogens with one attached hydrogen (secondary N) is 1. The van der Waals surface area contributed by atoms with Crippen LogP contribution in [0.1, 0.15) is 30.5 Å². The van der Waals surface area contributed by atoms with Gasteiger partial charge in [0.15, 0.2) is 0 Å². The first-order valence-corrected chi connectivity index (χ1v) is 7.32. The summed E-state index contributed by atoms with van der Waals surface area (Å²) in [6.07, 6.45) is 0.952. The van der Waals surface area contributed by atoms with Gasteiger partial charge >= 0.3 is 0 Å². The van der Waals surface area contributed by atoms with E-state index in [1.165, 1.54) is 5.56 Å². The fourth-order valence-electron chi connectivity index (χ4n) is 2.19. The van der Waals surface area contributed by atoms with Crippen LogP contribution in [0.25, 0.3) is 0 Å². The second kappa shape index (κ2) is 6.73. The number of anilines is 1. The lowest BCUT2D eigenvalue weighted by atomic mass is 10.0. The number of rotatable bonds is 5. The van der Waals surface area contributed by atoms with Gasteiger partial charge in [0.05, 0.1) is 16.6 Å². The van der Waals surface area contributed by atoms with Gasteiger partial charge in [0.25, 0.3) is 0 Å². The Labute approximate surface area is 130 Å². The minimum Gasteiger partial charge on any atom is -0.389 e. The first kappa shape index (κ1) is 14.8. The molecule has 0 saturated heterocycles. The van der Waals surface area contributed by atoms with Crippen molar-refractivity contribution in [2.24, 2.45) is 5.73 Å². The highest BCUT2D eigenvalue weighted by molar-refractivity contribution is 7.80. The van der Waals surface area contributed by atoms with Crippen molar-refractivity contribution in [3.8, 4) is 0 Å². The molecule has 0 spiro atoms. The first-order chi connectivity index (χ1) is 9.63. The Morgan fingerprint density at radius 3 is 2.50 bits per heavy atom. The highest BCUT2D eigenvalue weighted by Crippen LogP contribution is 2.29. The van der Waals surface area contributed by atoms with Gasteiger partial charge < -0.3 is 11.1 Å². The van der Waals surface area contributed by atoms with E-state index in [9.17, 15) is 0 Å². The molecule has 0 fully saturated rings. The van der Waals surface area contributed by atoms with E-state index in [0.29, 0.717) is 15.6 Å². The van der Waals surface area contributed by atoms with Crippen molar-refractivity contribution < 1.29 is 0 Å². The second-order valence-electron chi connectivity index (χ2n) is 4.54. The lowest BCUT2D eigenvalue weighted by Crippen LogP contribution is -2.16. The average molecular weight is 305 g/mol. The predicted octanol–water partition coefficient (Wildman–Crippen LogP) is 4.54. The summed E-state index contributed by atoms with van der Waals surface area (Å²) in [5.74, 6) is 0. The molecule has 2 nitrogen and oxygen atoms in total. The molecule has 1 atom stereocenters. The summed E-state index contributed by atoms with van der Waals surface area (Å²) in [4.78, 5) is 0.306. The molecule has 1 unspecified atom stereocenters. The van der Waals surface area contributed by atoms with Gasteiger partial charge in [0, 0.05) is 5.69 Å². The summed E-state index contributed by atoms with van der Waals surface area (Å²) in [5, 5.41) is 4.06. The SMILES string of the molecule is CCC(Nc1cccc(Cl)c1C(N)=S)c1ccccc1. The molecular weight excluding hydrogens is 288 g/mol. The van der Waals surface area contributed by atoms with Crippen LogP contribution in [0.15, 0.2) is 48.5 Å². The van der Waals surface area contributed by atoms with E-state index < -0.39 is 0 Å². The van der Waals surface area contributed by atoms with Crippen molar-refractivity contribution >= 4 is 34.5 Å². The van der Waals surface area contributed by atoms with Crippen molar-refractivity contribution in [1.29, 1.82) is 0 Å². The zero-order chi connectivity index (χ0) is 14.5. The Morgan fingerprint density at radius 2 is 1.90 bits per heavy atom. The summed E-state index contributed by atoms with van der Waals surface area (Å²) in [7, 11) is 0. The number of benzene rings is 2. The third-order valence-corrected chi connectivity index (χ3v) is 3.72. The second-order valence-corrected chi connectivity index (χ2v) is 5.39. The number of hydrogen-bond donors (Lipinski definition) is 2. The van der Waals surface area contributed by atoms with E-state index in [-0.39, 0.29) is 6.04 Å². The smallest absolute Gasteiger partial charge is 0.107 e. The summed E-state index contributed by atoms with van der Waals surface area (Å²) in [6, 6.07) is 16.1. The molecule has 104 valence electrons. The molecule has 0 amide bonds. The monoisotopic (exact) mass is 304 g/mol. The van der Waals surface area contributed by atoms with Crippen LogP contribution in [-0.2, 0) is 0 Å². The normalized spacial score (nSPS) is 11.9. The minimum absolute atomic E-state index is 0.197. The summed E-state index contributed by atoms with van der Waals surface area (Å²) in [5.41, 5.74) is 8.59. The maximum absolute atomic E-state index is 6.19. The van der Waals surface area contributed by atoms with Crippen molar-refractivity contribution in [3.05, 3.63) is 64.7 Å². The zero-order valence-electron chi connectivity index (χ0n) is 11.3. The van der Waals surface area contributed by atoms with Crippen LogP contribution in [0.4, 0.5) is 5.69 Å². The Hall–Kier alpha value is -1.58. The van der Waals surface area contributed by atoms with Crippen LogP contribution in [-0.4, -0.2) is 4.99 Å². The number of thiocarbonyl (C=S) groups is 1. The molecule has 0 aliphatic rings. The highest BCUT2D eigenvalue weighted by atomic mass is 35.5. The fourth-order valence-corrected chi connectivity index (χ4v) is 2.74. The summed E-state index contributed by atoms with van der Waals surface area (Å²) < 4.78 is 0. The lowest BCUT2D eigenvalue weighted by Gasteiger charge is -2.21. The van der Waals surface area contributed by atoms with E-state index in [1.807, 2.05) is 30.3 Å². The molecule has 2 rings (SSSR count). The third-order valence-electron chi connectivity index (χ3n) is 3.20. The Balaban J connectivity index is 2.33. The van der Waals surface area contributed by atoms with Gasteiger partial charge in [0.1, 0.15) is 4.99 Å². The van der Waals surface area contributed by atoms with Gasteiger partial charge in [-0.3, -0.25) is 0 Å². The molecule has 20 heavy (non-hydrogen) atoms. The van der Waals surface area contributed by atoms with Crippen molar-refractivity contribution in [1.82, 2.24) is 0 Å². The highest BCUT2D eigenvalue weighted by Gasteiger charge is 2.14. The molecule has 0 heterocycles. The minimum atomic E-state index is 0.197.